The quantitative estimate of drug-likeness (QED) is 0.746. The fourth-order valence-electron chi connectivity index (χ4n) is 2.45. The highest BCUT2D eigenvalue weighted by atomic mass is 16.2. The molecule has 0 fully saturated rings. The van der Waals surface area contributed by atoms with Crippen molar-refractivity contribution in [1.82, 2.24) is 19.7 Å². The van der Waals surface area contributed by atoms with Crippen LogP contribution in [0.15, 0.2) is 71.9 Å². The van der Waals surface area contributed by atoms with Gasteiger partial charge in [-0.15, -0.1) is 0 Å². The van der Waals surface area contributed by atoms with E-state index in [1.807, 2.05) is 41.2 Å². The molecule has 3 aromatic rings. The van der Waals surface area contributed by atoms with E-state index in [4.69, 9.17) is 0 Å². The van der Waals surface area contributed by atoms with Gasteiger partial charge in [0.25, 0.3) is 5.56 Å². The Morgan fingerprint density at radius 1 is 1.00 bits per heavy atom. The first kappa shape index (κ1) is 15.7. The van der Waals surface area contributed by atoms with Crippen molar-refractivity contribution >= 4 is 5.91 Å². The third kappa shape index (κ3) is 3.98. The summed E-state index contributed by atoms with van der Waals surface area (Å²) >= 11 is 0. The molecule has 0 spiro atoms. The molecule has 0 radical (unpaired) electrons. The summed E-state index contributed by atoms with van der Waals surface area (Å²) in [5.74, 6) is -0.197. The minimum absolute atomic E-state index is 0.0149. The van der Waals surface area contributed by atoms with E-state index in [2.05, 4.69) is 10.4 Å². The van der Waals surface area contributed by atoms with Crippen molar-refractivity contribution in [2.75, 3.05) is 0 Å². The van der Waals surface area contributed by atoms with Crippen molar-refractivity contribution in [2.45, 2.75) is 19.6 Å². The third-order valence-electron chi connectivity index (χ3n) is 3.70. The molecule has 0 aliphatic heterocycles. The van der Waals surface area contributed by atoms with Gasteiger partial charge >= 0.3 is 0 Å². The fraction of sp³-hybridized carbons (Fsp3) is 0.167. The summed E-state index contributed by atoms with van der Waals surface area (Å²) in [4.78, 5) is 23.7. The number of aromatic nitrogens is 3. The fourth-order valence-corrected chi connectivity index (χ4v) is 2.45. The Kier molecular flexibility index (Phi) is 4.86. The van der Waals surface area contributed by atoms with Crippen LogP contribution in [0.5, 0.6) is 0 Å². The Labute approximate surface area is 139 Å². The molecule has 6 nitrogen and oxygen atoms in total. The van der Waals surface area contributed by atoms with Crippen LogP contribution >= 0.6 is 0 Å². The van der Waals surface area contributed by atoms with Crippen LogP contribution in [0.4, 0.5) is 0 Å². The maximum absolute atomic E-state index is 12.1. The minimum atomic E-state index is -0.197. The first-order valence-electron chi connectivity index (χ1n) is 7.69. The second-order valence-corrected chi connectivity index (χ2v) is 5.42. The number of carbonyl (C=O) groups is 1. The Morgan fingerprint density at radius 3 is 2.54 bits per heavy atom. The third-order valence-corrected chi connectivity index (χ3v) is 3.70. The van der Waals surface area contributed by atoms with Crippen molar-refractivity contribution in [3.63, 3.8) is 0 Å². The summed E-state index contributed by atoms with van der Waals surface area (Å²) in [7, 11) is 0. The topological polar surface area (TPSA) is 68.9 Å². The summed E-state index contributed by atoms with van der Waals surface area (Å²) in [6.45, 7) is 1.08. The van der Waals surface area contributed by atoms with Gasteiger partial charge in [0, 0.05) is 31.2 Å². The molecular formula is C18H18N4O2. The molecule has 2 heterocycles. The molecule has 0 unspecified atom stereocenters. The molecule has 1 amide bonds. The number of pyridine rings is 1. The van der Waals surface area contributed by atoms with Crippen LogP contribution in [-0.2, 0) is 24.4 Å². The van der Waals surface area contributed by atoms with Crippen molar-refractivity contribution in [3.8, 4) is 0 Å². The lowest BCUT2D eigenvalue weighted by atomic mass is 10.1. The lowest BCUT2D eigenvalue weighted by Gasteiger charge is -2.11. The second kappa shape index (κ2) is 7.41. The van der Waals surface area contributed by atoms with Crippen LogP contribution in [0.1, 0.15) is 11.1 Å². The van der Waals surface area contributed by atoms with E-state index >= 15 is 0 Å². The van der Waals surface area contributed by atoms with E-state index in [1.165, 1.54) is 10.6 Å². The highest BCUT2D eigenvalue weighted by Gasteiger charge is 2.07. The molecule has 0 saturated heterocycles. The van der Waals surface area contributed by atoms with Gasteiger partial charge in [0.1, 0.15) is 6.54 Å². The zero-order valence-electron chi connectivity index (χ0n) is 13.1. The van der Waals surface area contributed by atoms with Gasteiger partial charge in [0.05, 0.1) is 6.54 Å². The van der Waals surface area contributed by atoms with Gasteiger partial charge in [-0.1, -0.05) is 30.3 Å². The smallest absolute Gasteiger partial charge is 0.250 e. The van der Waals surface area contributed by atoms with E-state index in [9.17, 15) is 9.59 Å². The van der Waals surface area contributed by atoms with Crippen molar-refractivity contribution in [2.24, 2.45) is 0 Å². The summed E-state index contributed by atoms with van der Waals surface area (Å²) in [5, 5.41) is 7.07. The summed E-state index contributed by atoms with van der Waals surface area (Å²) < 4.78 is 3.22. The lowest BCUT2D eigenvalue weighted by molar-refractivity contribution is -0.121. The van der Waals surface area contributed by atoms with Crippen LogP contribution < -0.4 is 10.9 Å². The van der Waals surface area contributed by atoms with E-state index < -0.39 is 0 Å². The maximum Gasteiger partial charge on any atom is 0.250 e. The zero-order chi connectivity index (χ0) is 16.8. The molecule has 1 aromatic carbocycles. The van der Waals surface area contributed by atoms with Gasteiger partial charge in [-0.2, -0.15) is 5.10 Å². The van der Waals surface area contributed by atoms with Gasteiger partial charge in [0.15, 0.2) is 0 Å². The van der Waals surface area contributed by atoms with Gasteiger partial charge in [0.2, 0.25) is 5.91 Å². The van der Waals surface area contributed by atoms with Gasteiger partial charge in [-0.05, 0) is 23.3 Å². The number of amides is 1. The lowest BCUT2D eigenvalue weighted by Crippen LogP contribution is -2.31. The van der Waals surface area contributed by atoms with Crippen LogP contribution in [0.25, 0.3) is 0 Å². The van der Waals surface area contributed by atoms with E-state index in [0.29, 0.717) is 13.1 Å². The number of nitrogens with one attached hydrogen (secondary N) is 1. The monoisotopic (exact) mass is 322 g/mol. The highest BCUT2D eigenvalue weighted by Crippen LogP contribution is 2.10. The van der Waals surface area contributed by atoms with E-state index in [-0.39, 0.29) is 18.0 Å². The molecule has 1 N–H and O–H groups in total. The Morgan fingerprint density at radius 2 is 1.79 bits per heavy atom. The largest absolute Gasteiger partial charge is 0.350 e. The number of nitrogens with zero attached hydrogens (tertiary/aromatic N) is 3. The normalized spacial score (nSPS) is 10.5. The number of carbonyl (C=O) groups excluding carboxylic acids is 1. The highest BCUT2D eigenvalue weighted by molar-refractivity contribution is 5.75. The van der Waals surface area contributed by atoms with Crippen molar-refractivity contribution in [1.29, 1.82) is 0 Å². The average molecular weight is 322 g/mol. The van der Waals surface area contributed by atoms with E-state index in [0.717, 1.165) is 11.1 Å². The average Bonchev–Trinajstić information content (AvgIpc) is 3.09. The molecule has 122 valence electrons. The summed E-state index contributed by atoms with van der Waals surface area (Å²) in [6, 6.07) is 14.6. The molecule has 2 aromatic heterocycles. The minimum Gasteiger partial charge on any atom is -0.350 e. The Balaban J connectivity index is 1.63. The SMILES string of the molecule is O=C(Cn1ccccc1=O)NCc1ccccc1Cn1cccn1. The standard InChI is InChI=1S/C18H18N4O2/c23-17(14-21-10-4-3-8-18(21)24)19-12-15-6-1-2-7-16(15)13-22-11-5-9-20-22/h1-11H,12-14H2,(H,19,23). The maximum atomic E-state index is 12.1. The summed E-state index contributed by atoms with van der Waals surface area (Å²) in [6.07, 6.45) is 5.24. The van der Waals surface area contributed by atoms with Crippen molar-refractivity contribution < 1.29 is 4.79 Å². The molecule has 0 atom stereocenters. The molecule has 6 heteroatoms. The first-order chi connectivity index (χ1) is 11.7. The second-order valence-electron chi connectivity index (χ2n) is 5.42. The molecule has 3 rings (SSSR count). The Hall–Kier alpha value is -3.15. The van der Waals surface area contributed by atoms with E-state index in [1.54, 1.807) is 24.5 Å². The summed E-state index contributed by atoms with van der Waals surface area (Å²) in [5.41, 5.74) is 1.94. The molecular weight excluding hydrogens is 304 g/mol. The van der Waals surface area contributed by atoms with Crippen LogP contribution in [0.3, 0.4) is 0 Å². The number of hydrogen-bond acceptors (Lipinski definition) is 3. The number of hydrogen-bond donors (Lipinski definition) is 1. The molecule has 0 aliphatic carbocycles. The zero-order valence-corrected chi connectivity index (χ0v) is 13.1. The van der Waals surface area contributed by atoms with Crippen LogP contribution in [0, 0.1) is 0 Å². The van der Waals surface area contributed by atoms with Crippen LogP contribution in [-0.4, -0.2) is 20.3 Å². The number of benzene rings is 1. The molecule has 0 aliphatic rings. The van der Waals surface area contributed by atoms with Gasteiger partial charge in [-0.25, -0.2) is 0 Å². The van der Waals surface area contributed by atoms with Gasteiger partial charge in [-0.3, -0.25) is 14.3 Å². The van der Waals surface area contributed by atoms with Crippen molar-refractivity contribution in [3.05, 3.63) is 88.6 Å². The van der Waals surface area contributed by atoms with Gasteiger partial charge < -0.3 is 9.88 Å². The first-order valence-corrected chi connectivity index (χ1v) is 7.69. The number of rotatable bonds is 6. The molecule has 0 bridgehead atoms. The molecule has 0 saturated carbocycles. The molecule has 24 heavy (non-hydrogen) atoms. The Bertz CT molecular complexity index is 868. The predicted molar refractivity (Wildman–Crippen MR) is 90.3 cm³/mol. The predicted octanol–water partition coefficient (Wildman–Crippen LogP) is 1.41. The van der Waals surface area contributed by atoms with Crippen LogP contribution in [0.2, 0.25) is 0 Å².